The first-order chi connectivity index (χ1) is 12.6. The van der Waals surface area contributed by atoms with Gasteiger partial charge in [-0.15, -0.1) is 0 Å². The van der Waals surface area contributed by atoms with Gasteiger partial charge in [-0.3, -0.25) is 4.79 Å². The normalized spacial score (nSPS) is 18.5. The van der Waals surface area contributed by atoms with E-state index >= 15 is 0 Å². The van der Waals surface area contributed by atoms with Crippen molar-refractivity contribution in [2.75, 3.05) is 6.54 Å². The standard InChI is InChI=1S/C17H21BF5NO4/c1-9-6-10(18-27-15(2,3)16(4,5)28-18)7-11(26-14(19)20)12(9)13(25)24-8-17(21,22)23/h6-7,14H,8H2,1-5H3,(H,24,25). The molecule has 0 spiro atoms. The molecule has 1 fully saturated rings. The Morgan fingerprint density at radius 3 is 2.18 bits per heavy atom. The average molecular weight is 409 g/mol. The van der Waals surface area contributed by atoms with Gasteiger partial charge in [0, 0.05) is 0 Å². The number of hydrogen-bond acceptors (Lipinski definition) is 4. The van der Waals surface area contributed by atoms with Crippen molar-refractivity contribution < 1.29 is 40.8 Å². The van der Waals surface area contributed by atoms with E-state index in [1.165, 1.54) is 13.0 Å². The van der Waals surface area contributed by atoms with E-state index in [1.807, 2.05) is 0 Å². The summed E-state index contributed by atoms with van der Waals surface area (Å²) in [6.07, 6.45) is -4.64. The number of aryl methyl sites for hydroxylation is 1. The van der Waals surface area contributed by atoms with Crippen LogP contribution in [-0.2, 0) is 9.31 Å². The fourth-order valence-corrected chi connectivity index (χ4v) is 2.65. The van der Waals surface area contributed by atoms with Crippen LogP contribution in [-0.4, -0.2) is 43.6 Å². The number of halogens is 5. The molecule has 1 amide bonds. The highest BCUT2D eigenvalue weighted by atomic mass is 19.4. The van der Waals surface area contributed by atoms with Crippen molar-refractivity contribution in [1.29, 1.82) is 0 Å². The number of benzene rings is 1. The summed E-state index contributed by atoms with van der Waals surface area (Å²) in [5, 5.41) is 1.66. The van der Waals surface area contributed by atoms with Crippen molar-refractivity contribution in [3.05, 3.63) is 23.3 Å². The van der Waals surface area contributed by atoms with E-state index in [2.05, 4.69) is 4.74 Å². The molecule has 1 aromatic rings. The molecular formula is C17H21BF5NO4. The largest absolute Gasteiger partial charge is 0.494 e. The lowest BCUT2D eigenvalue weighted by Gasteiger charge is -2.32. The molecule has 1 N–H and O–H groups in total. The van der Waals surface area contributed by atoms with Crippen LogP contribution in [0.1, 0.15) is 43.6 Å². The molecule has 0 atom stereocenters. The van der Waals surface area contributed by atoms with Gasteiger partial charge in [-0.25, -0.2) is 0 Å². The summed E-state index contributed by atoms with van der Waals surface area (Å²) in [6, 6.07) is 2.55. The number of nitrogens with one attached hydrogen (secondary N) is 1. The molecule has 1 saturated heterocycles. The van der Waals surface area contributed by atoms with Gasteiger partial charge in [0.2, 0.25) is 0 Å². The van der Waals surface area contributed by atoms with Gasteiger partial charge in [-0.1, -0.05) is 6.07 Å². The van der Waals surface area contributed by atoms with Gasteiger partial charge in [-0.05, 0) is 51.7 Å². The second kappa shape index (κ2) is 7.51. The molecule has 28 heavy (non-hydrogen) atoms. The maximum absolute atomic E-state index is 12.8. The van der Waals surface area contributed by atoms with Crippen LogP contribution in [0.15, 0.2) is 12.1 Å². The predicted molar refractivity (Wildman–Crippen MR) is 91.9 cm³/mol. The maximum Gasteiger partial charge on any atom is 0.494 e. The van der Waals surface area contributed by atoms with Gasteiger partial charge in [0.25, 0.3) is 5.91 Å². The molecule has 156 valence electrons. The van der Waals surface area contributed by atoms with Gasteiger partial charge in [-0.2, -0.15) is 22.0 Å². The van der Waals surface area contributed by atoms with Crippen molar-refractivity contribution in [2.24, 2.45) is 0 Å². The second-order valence-corrected chi connectivity index (χ2v) is 7.48. The molecule has 0 aliphatic carbocycles. The number of carbonyl (C=O) groups is 1. The molecular weight excluding hydrogens is 388 g/mol. The summed E-state index contributed by atoms with van der Waals surface area (Å²) >= 11 is 0. The summed E-state index contributed by atoms with van der Waals surface area (Å²) in [5.41, 5.74) is -1.36. The monoisotopic (exact) mass is 409 g/mol. The Kier molecular flexibility index (Phi) is 6.01. The van der Waals surface area contributed by atoms with Crippen LogP contribution in [0.5, 0.6) is 5.75 Å². The fourth-order valence-electron chi connectivity index (χ4n) is 2.65. The highest BCUT2D eigenvalue weighted by Crippen LogP contribution is 2.37. The zero-order chi connectivity index (χ0) is 21.5. The molecule has 1 heterocycles. The van der Waals surface area contributed by atoms with Crippen LogP contribution >= 0.6 is 0 Å². The number of ether oxygens (including phenoxy) is 1. The van der Waals surface area contributed by atoms with Gasteiger partial charge in [0.15, 0.2) is 0 Å². The lowest BCUT2D eigenvalue weighted by atomic mass is 9.77. The summed E-state index contributed by atoms with van der Waals surface area (Å²) < 4.78 is 78.8. The Balaban J connectivity index is 2.40. The first-order valence-electron chi connectivity index (χ1n) is 8.43. The molecule has 1 aromatic carbocycles. The molecule has 1 aliphatic rings. The summed E-state index contributed by atoms with van der Waals surface area (Å²) in [6.45, 7) is 3.73. The molecule has 1 aliphatic heterocycles. The van der Waals surface area contributed by atoms with Gasteiger partial charge in [0.05, 0.1) is 16.8 Å². The summed E-state index contributed by atoms with van der Waals surface area (Å²) in [7, 11) is -0.920. The van der Waals surface area contributed by atoms with Crippen molar-refractivity contribution in [1.82, 2.24) is 5.32 Å². The molecule has 5 nitrogen and oxygen atoms in total. The molecule has 0 radical (unpaired) electrons. The number of rotatable bonds is 5. The Morgan fingerprint density at radius 1 is 1.18 bits per heavy atom. The van der Waals surface area contributed by atoms with E-state index in [0.29, 0.717) is 5.46 Å². The topological polar surface area (TPSA) is 56.8 Å². The highest BCUT2D eigenvalue weighted by molar-refractivity contribution is 6.62. The Hall–Kier alpha value is -1.88. The zero-order valence-electron chi connectivity index (χ0n) is 16.0. The quantitative estimate of drug-likeness (QED) is 0.600. The third-order valence-corrected chi connectivity index (χ3v) is 4.74. The molecule has 0 bridgehead atoms. The van der Waals surface area contributed by atoms with E-state index < -0.39 is 54.9 Å². The van der Waals surface area contributed by atoms with Crippen LogP contribution in [0.2, 0.25) is 0 Å². The highest BCUT2D eigenvalue weighted by Gasteiger charge is 2.52. The first-order valence-corrected chi connectivity index (χ1v) is 8.43. The van der Waals surface area contributed by atoms with Gasteiger partial charge >= 0.3 is 19.9 Å². The minimum atomic E-state index is -4.64. The van der Waals surface area contributed by atoms with E-state index in [-0.39, 0.29) is 5.56 Å². The van der Waals surface area contributed by atoms with Crippen LogP contribution in [0.25, 0.3) is 0 Å². The van der Waals surface area contributed by atoms with Crippen LogP contribution in [0, 0.1) is 6.92 Å². The van der Waals surface area contributed by atoms with Gasteiger partial charge < -0.3 is 19.4 Å². The van der Waals surface area contributed by atoms with Crippen LogP contribution in [0.4, 0.5) is 22.0 Å². The molecule has 0 unspecified atom stereocenters. The van der Waals surface area contributed by atoms with E-state index in [9.17, 15) is 26.7 Å². The average Bonchev–Trinajstić information content (AvgIpc) is 2.71. The maximum atomic E-state index is 12.8. The summed E-state index contributed by atoms with van der Waals surface area (Å²) in [4.78, 5) is 12.2. The van der Waals surface area contributed by atoms with E-state index in [4.69, 9.17) is 9.31 Å². The number of amides is 1. The smallest absolute Gasteiger partial charge is 0.434 e. The molecule has 0 aromatic heterocycles. The Labute approximate surface area is 159 Å². The third kappa shape index (κ3) is 4.94. The van der Waals surface area contributed by atoms with Crippen LogP contribution < -0.4 is 15.5 Å². The van der Waals surface area contributed by atoms with E-state index in [0.717, 1.165) is 6.07 Å². The summed E-state index contributed by atoms with van der Waals surface area (Å²) in [5.74, 6) is -1.73. The third-order valence-electron chi connectivity index (χ3n) is 4.74. The zero-order valence-corrected chi connectivity index (χ0v) is 16.0. The first kappa shape index (κ1) is 22.4. The SMILES string of the molecule is Cc1cc(B2OC(C)(C)C(C)(C)O2)cc(OC(F)F)c1C(=O)NCC(F)(F)F. The predicted octanol–water partition coefficient (Wildman–Crippen LogP) is 3.19. The second-order valence-electron chi connectivity index (χ2n) is 7.48. The van der Waals surface area contributed by atoms with Crippen LogP contribution in [0.3, 0.4) is 0 Å². The van der Waals surface area contributed by atoms with Crippen molar-refractivity contribution in [3.63, 3.8) is 0 Å². The lowest BCUT2D eigenvalue weighted by Crippen LogP contribution is -2.41. The Morgan fingerprint density at radius 2 is 1.71 bits per heavy atom. The van der Waals surface area contributed by atoms with Crippen molar-refractivity contribution in [3.8, 4) is 5.75 Å². The number of alkyl halides is 5. The number of hydrogen-bond donors (Lipinski definition) is 1. The van der Waals surface area contributed by atoms with Crippen molar-refractivity contribution in [2.45, 2.75) is 58.6 Å². The van der Waals surface area contributed by atoms with Gasteiger partial charge in [0.1, 0.15) is 12.3 Å². The minimum absolute atomic E-state index is 0.141. The molecule has 2 rings (SSSR count). The minimum Gasteiger partial charge on any atom is -0.434 e. The van der Waals surface area contributed by atoms with E-state index in [1.54, 1.807) is 33.0 Å². The lowest BCUT2D eigenvalue weighted by molar-refractivity contribution is -0.123. The number of carbonyl (C=O) groups excluding carboxylic acids is 1. The molecule has 11 heteroatoms. The molecule has 0 saturated carbocycles. The van der Waals surface area contributed by atoms with Crippen molar-refractivity contribution >= 4 is 18.5 Å². The fraction of sp³-hybridized carbons (Fsp3) is 0.588. The Bertz CT molecular complexity index is 736.